The van der Waals surface area contributed by atoms with Crippen LogP contribution >= 0.6 is 0 Å². The van der Waals surface area contributed by atoms with Crippen LogP contribution in [0.2, 0.25) is 0 Å². The van der Waals surface area contributed by atoms with Crippen molar-refractivity contribution in [1.29, 1.82) is 0 Å². The van der Waals surface area contributed by atoms with Crippen LogP contribution in [0.3, 0.4) is 0 Å². The van der Waals surface area contributed by atoms with Crippen LogP contribution in [0.1, 0.15) is 32.6 Å². The molecule has 2 nitrogen and oxygen atoms in total. The van der Waals surface area contributed by atoms with E-state index in [1.165, 1.54) is 25.7 Å². The number of hydrogen-bond donors (Lipinski definition) is 1. The Kier molecular flexibility index (Phi) is 2.14. The third-order valence-corrected chi connectivity index (χ3v) is 2.55. The molecule has 2 heteroatoms. The molecular formula is C9H17NO. The molecule has 2 fully saturated rings. The summed E-state index contributed by atoms with van der Waals surface area (Å²) in [4.78, 5) is 0. The van der Waals surface area contributed by atoms with Crippen LogP contribution in [0.5, 0.6) is 0 Å². The largest absolute Gasteiger partial charge is 0.378 e. The molecule has 0 aromatic rings. The van der Waals surface area contributed by atoms with E-state index in [0.29, 0.717) is 6.10 Å². The van der Waals surface area contributed by atoms with Crippen LogP contribution in [-0.4, -0.2) is 24.8 Å². The number of hydrogen-bond acceptors (Lipinski definition) is 2. The molecule has 0 amide bonds. The second-order valence-electron chi connectivity index (χ2n) is 3.69. The molecule has 0 spiro atoms. The lowest BCUT2D eigenvalue weighted by Gasteiger charge is -2.35. The van der Waals surface area contributed by atoms with Crippen LogP contribution in [0.25, 0.3) is 0 Å². The Hall–Kier alpha value is -0.0800. The summed E-state index contributed by atoms with van der Waals surface area (Å²) in [5, 5.41) is 3.60. The van der Waals surface area contributed by atoms with E-state index < -0.39 is 0 Å². The Labute approximate surface area is 68.3 Å². The molecule has 0 heterocycles. The third-order valence-electron chi connectivity index (χ3n) is 2.55. The molecular weight excluding hydrogens is 138 g/mol. The predicted molar refractivity (Wildman–Crippen MR) is 44.6 cm³/mol. The summed E-state index contributed by atoms with van der Waals surface area (Å²) in [7, 11) is 0. The molecule has 0 aliphatic heterocycles. The first-order valence-electron chi connectivity index (χ1n) is 4.76. The van der Waals surface area contributed by atoms with Crippen molar-refractivity contribution in [3.63, 3.8) is 0 Å². The van der Waals surface area contributed by atoms with Crippen LogP contribution in [-0.2, 0) is 4.74 Å². The van der Waals surface area contributed by atoms with Crippen molar-refractivity contribution in [2.45, 2.75) is 50.8 Å². The molecule has 64 valence electrons. The van der Waals surface area contributed by atoms with Crippen molar-refractivity contribution in [1.82, 2.24) is 5.32 Å². The average molecular weight is 155 g/mol. The minimum atomic E-state index is 0.566. The molecule has 1 N–H and O–H groups in total. The quantitative estimate of drug-likeness (QED) is 0.661. The first-order chi connectivity index (χ1) is 5.38. The van der Waals surface area contributed by atoms with Crippen molar-refractivity contribution in [2.75, 3.05) is 6.61 Å². The molecule has 0 aromatic carbocycles. The van der Waals surface area contributed by atoms with Gasteiger partial charge in [0, 0.05) is 18.7 Å². The van der Waals surface area contributed by atoms with E-state index in [1.54, 1.807) is 0 Å². The van der Waals surface area contributed by atoms with Crippen LogP contribution in [0.4, 0.5) is 0 Å². The molecule has 2 rings (SSSR count). The van der Waals surface area contributed by atoms with Crippen LogP contribution in [0.15, 0.2) is 0 Å². The maximum absolute atomic E-state index is 5.47. The second kappa shape index (κ2) is 3.11. The number of nitrogens with one attached hydrogen (secondary N) is 1. The Morgan fingerprint density at radius 3 is 2.55 bits per heavy atom. The average Bonchev–Trinajstić information content (AvgIpc) is 2.67. The van der Waals surface area contributed by atoms with E-state index >= 15 is 0 Å². The normalized spacial score (nSPS) is 36.8. The first-order valence-corrected chi connectivity index (χ1v) is 4.76. The minimum Gasteiger partial charge on any atom is -0.378 e. The zero-order valence-electron chi connectivity index (χ0n) is 7.18. The van der Waals surface area contributed by atoms with Crippen molar-refractivity contribution in [3.05, 3.63) is 0 Å². The molecule has 11 heavy (non-hydrogen) atoms. The topological polar surface area (TPSA) is 21.3 Å². The fraction of sp³-hybridized carbons (Fsp3) is 1.00. The van der Waals surface area contributed by atoms with Gasteiger partial charge in [-0.15, -0.1) is 0 Å². The van der Waals surface area contributed by atoms with Gasteiger partial charge in [0.2, 0.25) is 0 Å². The van der Waals surface area contributed by atoms with Crippen molar-refractivity contribution in [3.8, 4) is 0 Å². The maximum atomic E-state index is 5.47. The summed E-state index contributed by atoms with van der Waals surface area (Å²) in [6.07, 6.45) is 5.84. The van der Waals surface area contributed by atoms with Gasteiger partial charge in [0.1, 0.15) is 0 Å². The number of rotatable bonds is 4. The van der Waals surface area contributed by atoms with E-state index in [-0.39, 0.29) is 0 Å². The van der Waals surface area contributed by atoms with Gasteiger partial charge in [0.15, 0.2) is 0 Å². The molecule has 2 aliphatic rings. The van der Waals surface area contributed by atoms with Gasteiger partial charge in [-0.2, -0.15) is 0 Å². The van der Waals surface area contributed by atoms with Gasteiger partial charge in [-0.3, -0.25) is 0 Å². The summed E-state index contributed by atoms with van der Waals surface area (Å²) in [5.74, 6) is 0. The first kappa shape index (κ1) is 7.56. The molecule has 0 bridgehead atoms. The van der Waals surface area contributed by atoms with Crippen LogP contribution < -0.4 is 5.32 Å². The molecule has 0 saturated heterocycles. The monoisotopic (exact) mass is 155 g/mol. The number of ether oxygens (including phenoxy) is 1. The SMILES string of the molecule is CCOC1CC(NC2CC2)C1. The summed E-state index contributed by atoms with van der Waals surface area (Å²) in [6.45, 7) is 2.95. The Morgan fingerprint density at radius 1 is 1.27 bits per heavy atom. The molecule has 0 aromatic heterocycles. The molecule has 2 aliphatic carbocycles. The third kappa shape index (κ3) is 1.94. The van der Waals surface area contributed by atoms with Gasteiger partial charge >= 0.3 is 0 Å². The molecule has 0 atom stereocenters. The van der Waals surface area contributed by atoms with E-state index in [9.17, 15) is 0 Å². The summed E-state index contributed by atoms with van der Waals surface area (Å²) in [6, 6.07) is 1.64. The molecule has 0 radical (unpaired) electrons. The van der Waals surface area contributed by atoms with Gasteiger partial charge in [-0.1, -0.05) is 0 Å². The Morgan fingerprint density at radius 2 is 2.00 bits per heavy atom. The smallest absolute Gasteiger partial charge is 0.0604 e. The Bertz CT molecular complexity index is 128. The molecule has 2 saturated carbocycles. The zero-order chi connectivity index (χ0) is 7.68. The van der Waals surface area contributed by atoms with E-state index in [4.69, 9.17) is 4.74 Å². The standard InChI is InChI=1S/C9H17NO/c1-2-11-9-5-8(6-9)10-7-3-4-7/h7-10H,2-6H2,1H3. The van der Waals surface area contributed by atoms with E-state index in [2.05, 4.69) is 12.2 Å². The van der Waals surface area contributed by atoms with Gasteiger partial charge in [0.25, 0.3) is 0 Å². The minimum absolute atomic E-state index is 0.566. The highest BCUT2D eigenvalue weighted by Crippen LogP contribution is 2.28. The van der Waals surface area contributed by atoms with Crippen LogP contribution in [0, 0.1) is 0 Å². The molecule has 0 unspecified atom stereocenters. The van der Waals surface area contributed by atoms with Crippen molar-refractivity contribution >= 4 is 0 Å². The van der Waals surface area contributed by atoms with E-state index in [0.717, 1.165) is 18.7 Å². The second-order valence-corrected chi connectivity index (χ2v) is 3.69. The van der Waals surface area contributed by atoms with E-state index in [1.807, 2.05) is 0 Å². The zero-order valence-corrected chi connectivity index (χ0v) is 7.18. The van der Waals surface area contributed by atoms with Gasteiger partial charge in [-0.05, 0) is 32.6 Å². The fourth-order valence-electron chi connectivity index (χ4n) is 1.66. The lowest BCUT2D eigenvalue weighted by Crippen LogP contribution is -2.46. The lowest BCUT2D eigenvalue weighted by atomic mass is 9.89. The fourth-order valence-corrected chi connectivity index (χ4v) is 1.66. The highest BCUT2D eigenvalue weighted by atomic mass is 16.5. The van der Waals surface area contributed by atoms with Gasteiger partial charge in [0.05, 0.1) is 6.10 Å². The van der Waals surface area contributed by atoms with Crippen molar-refractivity contribution in [2.24, 2.45) is 0 Å². The highest BCUT2D eigenvalue weighted by molar-refractivity contribution is 4.92. The highest BCUT2D eigenvalue weighted by Gasteiger charge is 2.33. The Balaban J connectivity index is 1.56. The summed E-state index contributed by atoms with van der Waals surface area (Å²) in [5.41, 5.74) is 0. The van der Waals surface area contributed by atoms with Crippen molar-refractivity contribution < 1.29 is 4.74 Å². The summed E-state index contributed by atoms with van der Waals surface area (Å²) >= 11 is 0. The van der Waals surface area contributed by atoms with Gasteiger partial charge in [-0.25, -0.2) is 0 Å². The predicted octanol–water partition coefficient (Wildman–Crippen LogP) is 1.31. The lowest BCUT2D eigenvalue weighted by molar-refractivity contribution is -0.0102. The summed E-state index contributed by atoms with van der Waals surface area (Å²) < 4.78 is 5.47. The maximum Gasteiger partial charge on any atom is 0.0604 e. The van der Waals surface area contributed by atoms with Gasteiger partial charge < -0.3 is 10.1 Å².